The van der Waals surface area contributed by atoms with Gasteiger partial charge in [0.1, 0.15) is 0 Å². The number of urea groups is 1. The number of carbonyl (C=O) groups is 1. The number of amides is 2. The quantitative estimate of drug-likeness (QED) is 0.801. The van der Waals surface area contributed by atoms with Crippen molar-refractivity contribution >= 4 is 22.5 Å². The Bertz CT molecular complexity index is 352. The van der Waals surface area contributed by atoms with Crippen molar-refractivity contribution in [3.63, 3.8) is 0 Å². The molecule has 0 spiro atoms. The van der Waals surface area contributed by atoms with Gasteiger partial charge in [-0.1, -0.05) is 20.8 Å². The summed E-state index contributed by atoms with van der Waals surface area (Å²) in [5.74, 6) is 0. The molecule has 0 aromatic carbocycles. The van der Waals surface area contributed by atoms with Crippen LogP contribution in [-0.4, -0.2) is 30.0 Å². The van der Waals surface area contributed by atoms with E-state index in [9.17, 15) is 4.79 Å². The van der Waals surface area contributed by atoms with Crippen LogP contribution in [0.2, 0.25) is 0 Å². The summed E-state index contributed by atoms with van der Waals surface area (Å²) < 4.78 is 0. The monoisotopic (exact) mass is 227 g/mol. The van der Waals surface area contributed by atoms with E-state index in [1.807, 2.05) is 5.38 Å². The van der Waals surface area contributed by atoms with Crippen molar-refractivity contribution in [2.75, 3.05) is 19.4 Å². The highest BCUT2D eigenvalue weighted by Gasteiger charge is 2.18. The van der Waals surface area contributed by atoms with E-state index >= 15 is 0 Å². The summed E-state index contributed by atoms with van der Waals surface area (Å²) in [4.78, 5) is 17.2. The summed E-state index contributed by atoms with van der Waals surface area (Å²) in [6.45, 7) is 6.29. The Morgan fingerprint density at radius 3 is 2.47 bits per heavy atom. The van der Waals surface area contributed by atoms with Gasteiger partial charge in [0.15, 0.2) is 5.13 Å². The Morgan fingerprint density at radius 1 is 1.47 bits per heavy atom. The fraction of sp³-hybridized carbons (Fsp3) is 0.600. The molecule has 0 bridgehead atoms. The van der Waals surface area contributed by atoms with E-state index in [1.165, 1.54) is 16.2 Å². The number of nitrogens with one attached hydrogen (secondary N) is 1. The molecule has 1 rings (SSSR count). The van der Waals surface area contributed by atoms with Crippen molar-refractivity contribution in [1.29, 1.82) is 0 Å². The molecule has 0 fully saturated rings. The van der Waals surface area contributed by atoms with Crippen LogP contribution < -0.4 is 5.32 Å². The summed E-state index contributed by atoms with van der Waals surface area (Å²) in [5, 5.41) is 5.36. The molecular weight excluding hydrogens is 210 g/mol. The molecule has 0 aliphatic rings. The van der Waals surface area contributed by atoms with Crippen LogP contribution in [0.3, 0.4) is 0 Å². The van der Waals surface area contributed by atoms with Crippen molar-refractivity contribution in [1.82, 2.24) is 9.88 Å². The number of thiazole rings is 1. The lowest BCUT2D eigenvalue weighted by Gasteiger charge is -2.14. The first kappa shape index (κ1) is 12.0. The third kappa shape index (κ3) is 3.20. The molecule has 0 radical (unpaired) electrons. The molecule has 0 saturated carbocycles. The zero-order chi connectivity index (χ0) is 11.6. The Balaban J connectivity index is 2.73. The topological polar surface area (TPSA) is 45.2 Å². The minimum absolute atomic E-state index is 0.0254. The maximum absolute atomic E-state index is 11.4. The number of hydrogen-bond acceptors (Lipinski definition) is 3. The van der Waals surface area contributed by atoms with Crippen LogP contribution in [0.1, 0.15) is 26.5 Å². The number of anilines is 1. The number of rotatable bonds is 1. The maximum Gasteiger partial charge on any atom is 0.323 e. The lowest BCUT2D eigenvalue weighted by atomic mass is 9.93. The van der Waals surface area contributed by atoms with Gasteiger partial charge >= 0.3 is 6.03 Å². The highest BCUT2D eigenvalue weighted by atomic mass is 32.1. The van der Waals surface area contributed by atoms with Gasteiger partial charge in [0.25, 0.3) is 0 Å². The molecule has 1 aromatic heterocycles. The molecule has 0 saturated heterocycles. The predicted molar refractivity (Wildman–Crippen MR) is 63.5 cm³/mol. The van der Waals surface area contributed by atoms with Crippen molar-refractivity contribution in [3.05, 3.63) is 11.1 Å². The van der Waals surface area contributed by atoms with Crippen LogP contribution >= 0.6 is 11.3 Å². The largest absolute Gasteiger partial charge is 0.331 e. The smallest absolute Gasteiger partial charge is 0.323 e. The van der Waals surface area contributed by atoms with Gasteiger partial charge in [0, 0.05) is 24.9 Å². The molecule has 0 unspecified atom stereocenters. The van der Waals surface area contributed by atoms with Gasteiger partial charge in [-0.15, -0.1) is 11.3 Å². The minimum atomic E-state index is -0.148. The van der Waals surface area contributed by atoms with Gasteiger partial charge in [-0.3, -0.25) is 5.32 Å². The Morgan fingerprint density at radius 2 is 2.07 bits per heavy atom. The molecule has 5 heteroatoms. The van der Waals surface area contributed by atoms with E-state index in [2.05, 4.69) is 31.1 Å². The van der Waals surface area contributed by atoms with Crippen LogP contribution in [0.25, 0.3) is 0 Å². The molecule has 0 atom stereocenters. The van der Waals surface area contributed by atoms with Crippen LogP contribution in [-0.2, 0) is 5.41 Å². The van der Waals surface area contributed by atoms with Crippen LogP contribution in [0.15, 0.2) is 5.38 Å². The maximum atomic E-state index is 11.4. The molecule has 2 amide bonds. The predicted octanol–water partition coefficient (Wildman–Crippen LogP) is 2.53. The first-order chi connectivity index (χ1) is 6.80. The number of hydrogen-bond donors (Lipinski definition) is 1. The first-order valence-electron chi connectivity index (χ1n) is 4.75. The van der Waals surface area contributed by atoms with Gasteiger partial charge in [-0.25, -0.2) is 9.78 Å². The van der Waals surface area contributed by atoms with Crippen LogP contribution in [0, 0.1) is 0 Å². The number of aromatic nitrogens is 1. The Labute approximate surface area is 94.3 Å². The molecule has 0 aliphatic heterocycles. The molecule has 15 heavy (non-hydrogen) atoms. The van der Waals surface area contributed by atoms with Crippen molar-refractivity contribution in [2.45, 2.75) is 26.2 Å². The molecular formula is C10H17N3OS. The fourth-order valence-electron chi connectivity index (χ4n) is 0.879. The average Bonchev–Trinajstić information content (AvgIpc) is 2.51. The van der Waals surface area contributed by atoms with Gasteiger partial charge in [0.2, 0.25) is 0 Å². The molecule has 84 valence electrons. The molecule has 1 N–H and O–H groups in total. The first-order valence-corrected chi connectivity index (χ1v) is 5.63. The van der Waals surface area contributed by atoms with Crippen molar-refractivity contribution in [2.24, 2.45) is 0 Å². The summed E-state index contributed by atoms with van der Waals surface area (Å²) in [6.07, 6.45) is 0. The van der Waals surface area contributed by atoms with E-state index < -0.39 is 0 Å². The zero-order valence-corrected chi connectivity index (χ0v) is 10.6. The van der Waals surface area contributed by atoms with E-state index in [0.717, 1.165) is 5.69 Å². The lowest BCUT2D eigenvalue weighted by molar-refractivity contribution is 0.230. The zero-order valence-electron chi connectivity index (χ0n) is 9.79. The number of carbonyl (C=O) groups excluding carboxylic acids is 1. The second-order valence-electron chi connectivity index (χ2n) is 4.61. The summed E-state index contributed by atoms with van der Waals surface area (Å²) in [6, 6.07) is -0.148. The van der Waals surface area contributed by atoms with Gasteiger partial charge in [-0.05, 0) is 0 Å². The summed E-state index contributed by atoms with van der Waals surface area (Å²) in [7, 11) is 3.40. The SMILES string of the molecule is CN(C)C(=O)Nc1nc(C(C)(C)C)cs1. The standard InChI is InChI=1S/C10H17N3OS/c1-10(2,3)7-6-15-8(11-7)12-9(14)13(4)5/h6H,1-5H3,(H,11,12,14). The highest BCUT2D eigenvalue weighted by Crippen LogP contribution is 2.26. The second-order valence-corrected chi connectivity index (χ2v) is 5.47. The molecule has 1 heterocycles. The Kier molecular flexibility index (Phi) is 3.34. The normalized spacial score (nSPS) is 11.3. The molecule has 4 nitrogen and oxygen atoms in total. The molecule has 0 aliphatic carbocycles. The highest BCUT2D eigenvalue weighted by molar-refractivity contribution is 7.13. The second kappa shape index (κ2) is 4.18. The Hall–Kier alpha value is -1.10. The fourth-order valence-corrected chi connectivity index (χ4v) is 1.81. The van der Waals surface area contributed by atoms with Gasteiger partial charge < -0.3 is 4.90 Å². The average molecular weight is 227 g/mol. The molecule has 1 aromatic rings. The van der Waals surface area contributed by atoms with Crippen molar-refractivity contribution in [3.8, 4) is 0 Å². The van der Waals surface area contributed by atoms with Crippen molar-refractivity contribution < 1.29 is 4.79 Å². The number of nitrogens with zero attached hydrogens (tertiary/aromatic N) is 2. The lowest BCUT2D eigenvalue weighted by Crippen LogP contribution is -2.27. The summed E-state index contributed by atoms with van der Waals surface area (Å²) in [5.41, 5.74) is 1.03. The van der Waals surface area contributed by atoms with Crippen LogP contribution in [0.4, 0.5) is 9.93 Å². The van der Waals surface area contributed by atoms with E-state index in [-0.39, 0.29) is 11.4 Å². The third-order valence-corrected chi connectivity index (χ3v) is 2.65. The van der Waals surface area contributed by atoms with Gasteiger partial charge in [0.05, 0.1) is 5.69 Å². The van der Waals surface area contributed by atoms with Gasteiger partial charge in [-0.2, -0.15) is 0 Å². The van der Waals surface area contributed by atoms with Crippen LogP contribution in [0.5, 0.6) is 0 Å². The van der Waals surface area contributed by atoms with E-state index in [4.69, 9.17) is 0 Å². The van der Waals surface area contributed by atoms with E-state index in [1.54, 1.807) is 14.1 Å². The van der Waals surface area contributed by atoms with E-state index in [0.29, 0.717) is 5.13 Å². The third-order valence-electron chi connectivity index (χ3n) is 1.89. The minimum Gasteiger partial charge on any atom is -0.331 e. The summed E-state index contributed by atoms with van der Waals surface area (Å²) >= 11 is 1.45.